The molecular formula is C18H19ClN2O2. The Hall–Kier alpha value is -2.07. The number of pyridine rings is 1. The van der Waals surface area contributed by atoms with Crippen LogP contribution in [0, 0.1) is 5.92 Å². The average Bonchev–Trinajstić information content (AvgIpc) is 3.00. The van der Waals surface area contributed by atoms with Crippen molar-refractivity contribution in [1.82, 2.24) is 9.47 Å². The van der Waals surface area contributed by atoms with Gasteiger partial charge in [0.05, 0.1) is 0 Å². The van der Waals surface area contributed by atoms with E-state index in [4.69, 9.17) is 11.6 Å². The summed E-state index contributed by atoms with van der Waals surface area (Å²) in [4.78, 5) is 26.0. The van der Waals surface area contributed by atoms with Gasteiger partial charge < -0.3 is 9.47 Å². The van der Waals surface area contributed by atoms with Gasteiger partial charge in [-0.3, -0.25) is 9.59 Å². The van der Waals surface area contributed by atoms with Crippen LogP contribution in [0.3, 0.4) is 0 Å². The van der Waals surface area contributed by atoms with Gasteiger partial charge in [0.25, 0.3) is 11.5 Å². The highest BCUT2D eigenvalue weighted by Crippen LogP contribution is 2.23. The van der Waals surface area contributed by atoms with Crippen LogP contribution in [-0.2, 0) is 13.5 Å². The lowest BCUT2D eigenvalue weighted by atomic mass is 9.99. The normalized spacial score (nSPS) is 17.5. The first-order chi connectivity index (χ1) is 11.0. The minimum Gasteiger partial charge on any atom is -0.338 e. The molecular weight excluding hydrogens is 312 g/mol. The topological polar surface area (TPSA) is 42.3 Å². The fraction of sp³-hybridized carbons (Fsp3) is 0.333. The van der Waals surface area contributed by atoms with E-state index in [1.807, 2.05) is 29.2 Å². The van der Waals surface area contributed by atoms with E-state index < -0.39 is 0 Å². The van der Waals surface area contributed by atoms with E-state index in [-0.39, 0.29) is 11.5 Å². The zero-order valence-corrected chi connectivity index (χ0v) is 13.8. The van der Waals surface area contributed by atoms with Gasteiger partial charge in [0.2, 0.25) is 0 Å². The van der Waals surface area contributed by atoms with Crippen LogP contribution in [0.2, 0.25) is 5.02 Å². The van der Waals surface area contributed by atoms with Gasteiger partial charge in [-0.25, -0.2) is 0 Å². The molecule has 1 aromatic carbocycles. The van der Waals surface area contributed by atoms with E-state index in [0.717, 1.165) is 31.0 Å². The van der Waals surface area contributed by atoms with Gasteiger partial charge in [0.1, 0.15) is 0 Å². The van der Waals surface area contributed by atoms with Gasteiger partial charge in [-0.05, 0) is 42.5 Å². The van der Waals surface area contributed by atoms with Crippen molar-refractivity contribution in [2.45, 2.75) is 12.8 Å². The molecule has 5 heteroatoms. The van der Waals surface area contributed by atoms with Crippen molar-refractivity contribution in [3.63, 3.8) is 0 Å². The molecule has 4 nitrogen and oxygen atoms in total. The first-order valence-corrected chi connectivity index (χ1v) is 8.11. The van der Waals surface area contributed by atoms with E-state index >= 15 is 0 Å². The summed E-state index contributed by atoms with van der Waals surface area (Å²) in [6.45, 7) is 1.48. The Kier molecular flexibility index (Phi) is 4.53. The number of carbonyl (C=O) groups excluding carboxylic acids is 1. The summed E-state index contributed by atoms with van der Waals surface area (Å²) >= 11 is 5.90. The molecule has 0 radical (unpaired) electrons. The molecule has 1 fully saturated rings. The van der Waals surface area contributed by atoms with E-state index in [0.29, 0.717) is 11.5 Å². The third-order valence-electron chi connectivity index (χ3n) is 4.36. The number of hydrogen-bond acceptors (Lipinski definition) is 2. The Morgan fingerprint density at radius 3 is 2.70 bits per heavy atom. The van der Waals surface area contributed by atoms with Crippen molar-refractivity contribution in [3.05, 3.63) is 69.1 Å². The maximum absolute atomic E-state index is 12.5. The lowest BCUT2D eigenvalue weighted by molar-refractivity contribution is 0.0786. The Balaban J connectivity index is 1.64. The molecule has 1 unspecified atom stereocenters. The smallest absolute Gasteiger partial charge is 0.254 e. The second-order valence-electron chi connectivity index (χ2n) is 6.10. The summed E-state index contributed by atoms with van der Waals surface area (Å²) in [5, 5.41) is 0.739. The van der Waals surface area contributed by atoms with Crippen molar-refractivity contribution in [3.8, 4) is 0 Å². The third kappa shape index (κ3) is 3.64. The number of benzene rings is 1. The van der Waals surface area contributed by atoms with Gasteiger partial charge in [-0.15, -0.1) is 0 Å². The molecule has 2 aromatic rings. The van der Waals surface area contributed by atoms with E-state index in [1.165, 1.54) is 16.2 Å². The Morgan fingerprint density at radius 1 is 1.26 bits per heavy atom. The van der Waals surface area contributed by atoms with E-state index in [9.17, 15) is 9.59 Å². The number of hydrogen-bond donors (Lipinski definition) is 0. The van der Waals surface area contributed by atoms with Crippen molar-refractivity contribution in [2.75, 3.05) is 13.1 Å². The van der Waals surface area contributed by atoms with Crippen LogP contribution in [-0.4, -0.2) is 28.5 Å². The number of amides is 1. The van der Waals surface area contributed by atoms with Crippen molar-refractivity contribution in [2.24, 2.45) is 13.0 Å². The maximum Gasteiger partial charge on any atom is 0.254 e. The second kappa shape index (κ2) is 6.59. The molecule has 0 N–H and O–H groups in total. The first-order valence-electron chi connectivity index (χ1n) is 7.73. The van der Waals surface area contributed by atoms with Gasteiger partial charge in [-0.2, -0.15) is 0 Å². The molecule has 1 amide bonds. The molecule has 120 valence electrons. The minimum absolute atomic E-state index is 0.0543. The summed E-state index contributed by atoms with van der Waals surface area (Å²) in [5.41, 5.74) is 1.55. The van der Waals surface area contributed by atoms with Crippen LogP contribution >= 0.6 is 11.6 Å². The monoisotopic (exact) mass is 330 g/mol. The quantitative estimate of drug-likeness (QED) is 0.868. The molecule has 1 aliphatic heterocycles. The fourth-order valence-electron chi connectivity index (χ4n) is 3.00. The summed E-state index contributed by atoms with van der Waals surface area (Å²) in [6.07, 6.45) is 3.56. The summed E-state index contributed by atoms with van der Waals surface area (Å²) in [7, 11) is 1.68. The largest absolute Gasteiger partial charge is 0.338 e. The second-order valence-corrected chi connectivity index (χ2v) is 6.54. The highest BCUT2D eigenvalue weighted by molar-refractivity contribution is 6.30. The number of halogens is 1. The molecule has 1 saturated heterocycles. The summed E-state index contributed by atoms with van der Waals surface area (Å²) < 4.78 is 1.46. The van der Waals surface area contributed by atoms with Crippen LogP contribution in [0.4, 0.5) is 0 Å². The maximum atomic E-state index is 12.5. The van der Waals surface area contributed by atoms with Crippen LogP contribution in [0.25, 0.3) is 0 Å². The SMILES string of the molecule is Cn1ccc(C(=O)N2CCC(Cc3ccc(Cl)cc3)C2)cc1=O. The van der Waals surface area contributed by atoms with Gasteiger partial charge >= 0.3 is 0 Å². The Bertz CT molecular complexity index is 767. The van der Waals surface area contributed by atoms with Crippen molar-refractivity contribution in [1.29, 1.82) is 0 Å². The van der Waals surface area contributed by atoms with Crippen molar-refractivity contribution < 1.29 is 4.79 Å². The molecule has 0 bridgehead atoms. The van der Waals surface area contributed by atoms with Crippen LogP contribution in [0.5, 0.6) is 0 Å². The number of likely N-dealkylation sites (tertiary alicyclic amines) is 1. The number of aromatic nitrogens is 1. The van der Waals surface area contributed by atoms with Gasteiger partial charge in [0.15, 0.2) is 0 Å². The van der Waals surface area contributed by atoms with Gasteiger partial charge in [-0.1, -0.05) is 23.7 Å². The van der Waals surface area contributed by atoms with Crippen LogP contribution in [0.15, 0.2) is 47.4 Å². The standard InChI is InChI=1S/C18H19ClN2O2/c1-20-8-7-15(11-17(20)22)18(23)21-9-6-14(12-21)10-13-2-4-16(19)5-3-13/h2-5,7-8,11,14H,6,9-10,12H2,1H3. The number of carbonyl (C=O) groups is 1. The zero-order chi connectivity index (χ0) is 16.4. The van der Waals surface area contributed by atoms with E-state index in [2.05, 4.69) is 0 Å². The van der Waals surface area contributed by atoms with Crippen molar-refractivity contribution >= 4 is 17.5 Å². The molecule has 0 spiro atoms. The minimum atomic E-state index is -0.159. The summed E-state index contributed by atoms with van der Waals surface area (Å²) in [6, 6.07) is 11.0. The molecule has 0 saturated carbocycles. The zero-order valence-electron chi connectivity index (χ0n) is 13.0. The van der Waals surface area contributed by atoms with Gasteiger partial charge in [0, 0.05) is 43.0 Å². The van der Waals surface area contributed by atoms with Crippen LogP contribution in [0.1, 0.15) is 22.3 Å². The highest BCUT2D eigenvalue weighted by atomic mass is 35.5. The number of rotatable bonds is 3. The molecule has 1 aliphatic rings. The Labute approximate surface area is 140 Å². The Morgan fingerprint density at radius 2 is 2.00 bits per heavy atom. The molecule has 3 rings (SSSR count). The number of nitrogens with zero attached hydrogens (tertiary/aromatic N) is 2. The fourth-order valence-corrected chi connectivity index (χ4v) is 3.13. The third-order valence-corrected chi connectivity index (χ3v) is 4.61. The average molecular weight is 331 g/mol. The molecule has 0 aliphatic carbocycles. The lowest BCUT2D eigenvalue weighted by Crippen LogP contribution is -2.30. The first kappa shape index (κ1) is 15.8. The predicted octanol–water partition coefficient (Wildman–Crippen LogP) is 2.74. The van der Waals surface area contributed by atoms with E-state index in [1.54, 1.807) is 19.3 Å². The lowest BCUT2D eigenvalue weighted by Gasteiger charge is -2.17. The highest BCUT2D eigenvalue weighted by Gasteiger charge is 2.27. The molecule has 1 atom stereocenters. The predicted molar refractivity (Wildman–Crippen MR) is 90.8 cm³/mol. The molecule has 1 aromatic heterocycles. The number of aryl methyl sites for hydroxylation is 1. The summed E-state index contributed by atoms with van der Waals surface area (Å²) in [5.74, 6) is 0.396. The van der Waals surface area contributed by atoms with Crippen LogP contribution < -0.4 is 5.56 Å². The molecule has 2 heterocycles. The molecule has 23 heavy (non-hydrogen) atoms.